The fourth-order valence-corrected chi connectivity index (χ4v) is 5.31. The van der Waals surface area contributed by atoms with Gasteiger partial charge in [-0.1, -0.05) is 24.3 Å². The molecule has 1 aromatic heterocycles. The Morgan fingerprint density at radius 2 is 1.81 bits per heavy atom. The van der Waals surface area contributed by atoms with Gasteiger partial charge in [0.1, 0.15) is 5.75 Å². The Balaban J connectivity index is 1.36. The van der Waals surface area contributed by atoms with Gasteiger partial charge in [-0.25, -0.2) is 17.9 Å². The minimum atomic E-state index is -3.80. The zero-order valence-corrected chi connectivity index (χ0v) is 21.6. The molecule has 0 spiro atoms. The number of aromatic nitrogens is 1. The van der Waals surface area contributed by atoms with E-state index >= 15 is 0 Å². The number of amides is 1. The van der Waals surface area contributed by atoms with Gasteiger partial charge in [0.2, 0.25) is 0 Å². The predicted molar refractivity (Wildman–Crippen MR) is 142 cm³/mol. The highest BCUT2D eigenvalue weighted by atomic mass is 32.2. The molecule has 1 saturated heterocycles. The molecule has 3 aromatic rings. The third-order valence-electron chi connectivity index (χ3n) is 6.31. The van der Waals surface area contributed by atoms with Gasteiger partial charge >= 0.3 is 0 Å². The number of ether oxygens (including phenoxy) is 1. The van der Waals surface area contributed by atoms with Crippen LogP contribution in [0.2, 0.25) is 0 Å². The van der Waals surface area contributed by atoms with Crippen LogP contribution in [0, 0.1) is 0 Å². The highest BCUT2D eigenvalue weighted by Crippen LogP contribution is 2.26. The standard InChI is InChI=1S/C27H32N4O5S/c1-29-15-17-30(18-16-29)13-3-19-36-25-5-2-4-24(20-25)23-7-9-26(10-8-23)37(34,35)31-14-12-22(21-31)6-11-27(32)28-33/h2,4-12,14,20-21,33H,3,13,15-19H2,1H3,(H,28,32). The number of benzene rings is 2. The summed E-state index contributed by atoms with van der Waals surface area (Å²) in [4.78, 5) is 16.1. The molecule has 0 saturated carbocycles. The van der Waals surface area contributed by atoms with Crippen molar-refractivity contribution in [2.45, 2.75) is 11.3 Å². The molecule has 2 heterocycles. The summed E-state index contributed by atoms with van der Waals surface area (Å²) in [7, 11) is -1.64. The Labute approximate surface area is 217 Å². The molecule has 1 aliphatic rings. The number of carbonyl (C=O) groups excluding carboxylic acids is 1. The number of hydrogen-bond donors (Lipinski definition) is 2. The lowest BCUT2D eigenvalue weighted by Gasteiger charge is -2.32. The molecule has 10 heteroatoms. The molecular weight excluding hydrogens is 492 g/mol. The Morgan fingerprint density at radius 3 is 2.54 bits per heavy atom. The summed E-state index contributed by atoms with van der Waals surface area (Å²) in [5, 5.41) is 8.55. The molecule has 0 unspecified atom stereocenters. The van der Waals surface area contributed by atoms with Crippen LogP contribution in [0.4, 0.5) is 0 Å². The summed E-state index contributed by atoms with van der Waals surface area (Å²) < 4.78 is 33.1. The summed E-state index contributed by atoms with van der Waals surface area (Å²) in [6.07, 6.45) is 6.28. The molecule has 0 radical (unpaired) electrons. The molecule has 0 atom stereocenters. The van der Waals surface area contributed by atoms with Crippen molar-refractivity contribution < 1.29 is 23.2 Å². The molecule has 0 aliphatic carbocycles. The SMILES string of the molecule is CN1CCN(CCCOc2cccc(-c3ccc(S(=O)(=O)n4ccc(C=CC(=O)NO)c4)cc3)c2)CC1. The summed E-state index contributed by atoms with van der Waals surface area (Å²) in [5.41, 5.74) is 3.81. The molecular formula is C27H32N4O5S. The maximum atomic E-state index is 13.0. The maximum Gasteiger partial charge on any atom is 0.267 e. The van der Waals surface area contributed by atoms with E-state index in [1.54, 1.807) is 30.3 Å². The van der Waals surface area contributed by atoms with Crippen molar-refractivity contribution >= 4 is 22.0 Å². The third kappa shape index (κ3) is 7.07. The first-order valence-corrected chi connectivity index (χ1v) is 13.6. The second kappa shape index (κ2) is 12.2. The van der Waals surface area contributed by atoms with Crippen LogP contribution in [0.25, 0.3) is 17.2 Å². The Kier molecular flexibility index (Phi) is 8.78. The van der Waals surface area contributed by atoms with E-state index in [1.807, 2.05) is 24.3 Å². The van der Waals surface area contributed by atoms with Gasteiger partial charge in [0.25, 0.3) is 15.9 Å². The number of nitrogens with zero attached hydrogens (tertiary/aromatic N) is 3. The molecule has 9 nitrogen and oxygen atoms in total. The first-order chi connectivity index (χ1) is 17.8. The van der Waals surface area contributed by atoms with Crippen molar-refractivity contribution in [2.75, 3.05) is 46.4 Å². The van der Waals surface area contributed by atoms with E-state index in [9.17, 15) is 13.2 Å². The van der Waals surface area contributed by atoms with Crippen LogP contribution in [0.1, 0.15) is 12.0 Å². The third-order valence-corrected chi connectivity index (χ3v) is 7.96. The fourth-order valence-electron chi connectivity index (χ4n) is 4.11. The highest BCUT2D eigenvalue weighted by Gasteiger charge is 2.17. The number of hydroxylamine groups is 1. The first kappa shape index (κ1) is 26.6. The molecule has 4 rings (SSSR count). The van der Waals surface area contributed by atoms with Crippen molar-refractivity contribution in [3.63, 3.8) is 0 Å². The van der Waals surface area contributed by atoms with Crippen molar-refractivity contribution in [1.29, 1.82) is 0 Å². The lowest BCUT2D eigenvalue weighted by molar-refractivity contribution is -0.124. The number of nitrogens with one attached hydrogen (secondary N) is 1. The number of likely N-dealkylation sites (N-methyl/N-ethyl adjacent to an activating group) is 1. The summed E-state index contributed by atoms with van der Waals surface area (Å²) in [6.45, 7) is 6.09. The van der Waals surface area contributed by atoms with Crippen molar-refractivity contribution in [2.24, 2.45) is 0 Å². The summed E-state index contributed by atoms with van der Waals surface area (Å²) in [6, 6.07) is 16.0. The monoisotopic (exact) mass is 524 g/mol. The number of hydrogen-bond acceptors (Lipinski definition) is 7. The number of piperazine rings is 1. The molecule has 1 fully saturated rings. The fraction of sp³-hybridized carbons (Fsp3) is 0.296. The average molecular weight is 525 g/mol. The van der Waals surface area contributed by atoms with Gasteiger partial charge < -0.3 is 14.5 Å². The van der Waals surface area contributed by atoms with Gasteiger partial charge in [-0.2, -0.15) is 0 Å². The van der Waals surface area contributed by atoms with Crippen LogP contribution >= 0.6 is 0 Å². The van der Waals surface area contributed by atoms with Crippen LogP contribution in [0.5, 0.6) is 5.75 Å². The van der Waals surface area contributed by atoms with Crippen LogP contribution in [-0.2, 0) is 14.8 Å². The van der Waals surface area contributed by atoms with E-state index in [0.29, 0.717) is 12.2 Å². The Morgan fingerprint density at radius 1 is 1.05 bits per heavy atom. The Bertz CT molecular complexity index is 1330. The molecule has 2 aromatic carbocycles. The van der Waals surface area contributed by atoms with E-state index in [1.165, 1.54) is 23.9 Å². The molecule has 37 heavy (non-hydrogen) atoms. The highest BCUT2D eigenvalue weighted by molar-refractivity contribution is 7.90. The quantitative estimate of drug-likeness (QED) is 0.182. The molecule has 1 aliphatic heterocycles. The van der Waals surface area contributed by atoms with E-state index in [2.05, 4.69) is 16.8 Å². The van der Waals surface area contributed by atoms with Crippen LogP contribution < -0.4 is 10.2 Å². The van der Waals surface area contributed by atoms with Crippen LogP contribution in [0.3, 0.4) is 0 Å². The Hall–Kier alpha value is -3.44. The zero-order valence-electron chi connectivity index (χ0n) is 20.8. The molecule has 196 valence electrons. The van der Waals surface area contributed by atoms with Gasteiger partial charge in [-0.15, -0.1) is 0 Å². The molecule has 0 bridgehead atoms. The first-order valence-electron chi connectivity index (χ1n) is 12.1. The minimum absolute atomic E-state index is 0.145. The van der Waals surface area contributed by atoms with Gasteiger partial charge in [-0.05, 0) is 66.6 Å². The largest absolute Gasteiger partial charge is 0.494 e. The molecule has 2 N–H and O–H groups in total. The van der Waals surface area contributed by atoms with Gasteiger partial charge in [0.15, 0.2) is 0 Å². The zero-order chi connectivity index (χ0) is 26.3. The number of carbonyl (C=O) groups is 1. The van der Waals surface area contributed by atoms with E-state index in [0.717, 1.165) is 66.1 Å². The van der Waals surface area contributed by atoms with Crippen molar-refractivity contribution in [3.05, 3.63) is 78.6 Å². The van der Waals surface area contributed by atoms with Crippen LogP contribution in [-0.4, -0.2) is 79.7 Å². The van der Waals surface area contributed by atoms with E-state index in [-0.39, 0.29) is 4.90 Å². The predicted octanol–water partition coefficient (Wildman–Crippen LogP) is 2.93. The molecule has 1 amide bonds. The number of rotatable bonds is 10. The summed E-state index contributed by atoms with van der Waals surface area (Å²) in [5.74, 6) is 0.0849. The van der Waals surface area contributed by atoms with Crippen molar-refractivity contribution in [1.82, 2.24) is 19.3 Å². The second-order valence-corrected chi connectivity index (χ2v) is 10.8. The smallest absolute Gasteiger partial charge is 0.267 e. The van der Waals surface area contributed by atoms with Gasteiger partial charge in [0, 0.05) is 51.2 Å². The lowest BCUT2D eigenvalue weighted by Crippen LogP contribution is -2.44. The average Bonchev–Trinajstić information content (AvgIpc) is 3.41. The topological polar surface area (TPSA) is 104 Å². The van der Waals surface area contributed by atoms with Crippen molar-refractivity contribution in [3.8, 4) is 16.9 Å². The van der Waals surface area contributed by atoms with Gasteiger partial charge in [-0.3, -0.25) is 10.0 Å². The normalized spacial score (nSPS) is 15.2. The maximum absolute atomic E-state index is 13.0. The van der Waals surface area contributed by atoms with E-state index < -0.39 is 15.9 Å². The minimum Gasteiger partial charge on any atom is -0.494 e. The van der Waals surface area contributed by atoms with Crippen LogP contribution in [0.15, 0.2) is 78.0 Å². The second-order valence-electron chi connectivity index (χ2n) is 8.99. The summed E-state index contributed by atoms with van der Waals surface area (Å²) >= 11 is 0. The van der Waals surface area contributed by atoms with E-state index in [4.69, 9.17) is 9.94 Å². The van der Waals surface area contributed by atoms with Gasteiger partial charge in [0.05, 0.1) is 11.5 Å². The lowest BCUT2D eigenvalue weighted by atomic mass is 10.1.